The summed E-state index contributed by atoms with van der Waals surface area (Å²) in [4.78, 5) is 33.6. The maximum Gasteiger partial charge on any atom is 0.326 e. The first-order chi connectivity index (χ1) is 9.31. The van der Waals surface area contributed by atoms with Crippen molar-refractivity contribution in [3.63, 3.8) is 0 Å². The Kier molecular flexibility index (Phi) is 5.52. The number of hydrogen-bond donors (Lipinski definition) is 3. The normalized spacial score (nSPS) is 11.7. The molecule has 108 valence electrons. The summed E-state index contributed by atoms with van der Waals surface area (Å²) in [6.07, 6.45) is -0.196. The topological polar surface area (TPSA) is 109 Å². The molecular formula is C13H15ClN2O4. The summed E-state index contributed by atoms with van der Waals surface area (Å²) < 4.78 is 0. The van der Waals surface area contributed by atoms with Crippen molar-refractivity contribution in [1.82, 2.24) is 5.32 Å². The Morgan fingerprint density at radius 1 is 1.40 bits per heavy atom. The zero-order chi connectivity index (χ0) is 15.3. The van der Waals surface area contributed by atoms with E-state index in [9.17, 15) is 14.4 Å². The fourth-order valence-corrected chi connectivity index (χ4v) is 1.91. The van der Waals surface area contributed by atoms with Gasteiger partial charge in [0.05, 0.1) is 10.6 Å². The molecule has 0 unspecified atom stereocenters. The molecule has 0 spiro atoms. The molecule has 0 bridgehead atoms. The summed E-state index contributed by atoms with van der Waals surface area (Å²) in [5.74, 6) is -2.46. The fourth-order valence-electron chi connectivity index (χ4n) is 1.58. The molecule has 0 aliphatic heterocycles. The lowest BCUT2D eigenvalue weighted by Gasteiger charge is -2.14. The average Bonchev–Trinajstić information content (AvgIpc) is 2.33. The number of aliphatic carboxylic acids is 1. The Morgan fingerprint density at radius 2 is 2.05 bits per heavy atom. The van der Waals surface area contributed by atoms with E-state index in [4.69, 9.17) is 22.4 Å². The molecule has 2 amide bonds. The predicted octanol–water partition coefficient (Wildman–Crippen LogP) is 1.10. The van der Waals surface area contributed by atoms with E-state index >= 15 is 0 Å². The summed E-state index contributed by atoms with van der Waals surface area (Å²) >= 11 is 5.93. The lowest BCUT2D eigenvalue weighted by molar-refractivity contribution is -0.139. The molecule has 4 N–H and O–H groups in total. The van der Waals surface area contributed by atoms with Crippen LogP contribution in [-0.2, 0) is 9.59 Å². The first kappa shape index (κ1) is 16.0. The molecule has 0 fully saturated rings. The molecule has 20 heavy (non-hydrogen) atoms. The summed E-state index contributed by atoms with van der Waals surface area (Å²) in [6, 6.07) is 3.63. The molecule has 0 heterocycles. The minimum atomic E-state index is -1.23. The number of aryl methyl sites for hydroxylation is 1. The number of primary amides is 1. The van der Waals surface area contributed by atoms with Crippen LogP contribution >= 0.6 is 11.6 Å². The molecule has 0 radical (unpaired) electrons. The van der Waals surface area contributed by atoms with Crippen molar-refractivity contribution in [3.05, 3.63) is 34.3 Å². The molecule has 7 heteroatoms. The van der Waals surface area contributed by atoms with Crippen molar-refractivity contribution in [1.29, 1.82) is 0 Å². The molecule has 1 aromatic carbocycles. The van der Waals surface area contributed by atoms with Gasteiger partial charge in [-0.3, -0.25) is 9.59 Å². The average molecular weight is 299 g/mol. The molecule has 1 aromatic rings. The largest absolute Gasteiger partial charge is 0.480 e. The molecule has 0 aromatic heterocycles. The maximum atomic E-state index is 12.0. The Labute approximate surface area is 120 Å². The Bertz CT molecular complexity index is 545. The van der Waals surface area contributed by atoms with Gasteiger partial charge in [-0.05, 0) is 31.0 Å². The Hall–Kier alpha value is -2.08. The van der Waals surface area contributed by atoms with Crippen molar-refractivity contribution in [2.45, 2.75) is 25.8 Å². The third-order valence-electron chi connectivity index (χ3n) is 2.65. The summed E-state index contributed by atoms with van der Waals surface area (Å²) in [7, 11) is 0. The maximum absolute atomic E-state index is 12.0. The second kappa shape index (κ2) is 6.91. The third-order valence-corrected chi connectivity index (χ3v) is 2.96. The number of carbonyl (C=O) groups excluding carboxylic acids is 2. The SMILES string of the molecule is Cc1ccc(C(=O)N[C@@H](CCC(N)=O)C(=O)O)c(Cl)c1. The fraction of sp³-hybridized carbons (Fsp3) is 0.308. The number of carboxylic acid groups (broad SMARTS) is 1. The Morgan fingerprint density at radius 3 is 2.55 bits per heavy atom. The van der Waals surface area contributed by atoms with Crippen LogP contribution in [0.25, 0.3) is 0 Å². The number of carbonyl (C=O) groups is 3. The van der Waals surface area contributed by atoms with Gasteiger partial charge in [-0.1, -0.05) is 17.7 Å². The van der Waals surface area contributed by atoms with Gasteiger partial charge in [-0.25, -0.2) is 4.79 Å². The molecule has 1 rings (SSSR count). The molecule has 0 saturated carbocycles. The number of amides is 2. The van der Waals surface area contributed by atoms with Crippen LogP contribution in [0, 0.1) is 6.92 Å². The Balaban J connectivity index is 2.80. The highest BCUT2D eigenvalue weighted by molar-refractivity contribution is 6.33. The van der Waals surface area contributed by atoms with Crippen LogP contribution in [0.2, 0.25) is 5.02 Å². The minimum absolute atomic E-state index is 0.0696. The zero-order valence-corrected chi connectivity index (χ0v) is 11.6. The lowest BCUT2D eigenvalue weighted by Crippen LogP contribution is -2.41. The van der Waals surface area contributed by atoms with E-state index in [0.29, 0.717) is 0 Å². The van der Waals surface area contributed by atoms with Gasteiger partial charge in [0.1, 0.15) is 6.04 Å². The van der Waals surface area contributed by atoms with E-state index in [0.717, 1.165) is 5.56 Å². The smallest absolute Gasteiger partial charge is 0.326 e. The second-order valence-electron chi connectivity index (χ2n) is 4.35. The minimum Gasteiger partial charge on any atom is -0.480 e. The molecule has 6 nitrogen and oxygen atoms in total. The number of nitrogens with one attached hydrogen (secondary N) is 1. The quantitative estimate of drug-likeness (QED) is 0.730. The van der Waals surface area contributed by atoms with Gasteiger partial charge >= 0.3 is 5.97 Å². The van der Waals surface area contributed by atoms with Gasteiger partial charge in [0, 0.05) is 6.42 Å². The van der Waals surface area contributed by atoms with E-state index in [1.165, 1.54) is 6.07 Å². The molecule has 0 saturated heterocycles. The second-order valence-corrected chi connectivity index (χ2v) is 4.76. The van der Waals surface area contributed by atoms with Gasteiger partial charge < -0.3 is 16.2 Å². The molecule has 1 atom stereocenters. The van der Waals surface area contributed by atoms with Gasteiger partial charge in [0.25, 0.3) is 5.91 Å². The number of nitrogens with two attached hydrogens (primary N) is 1. The highest BCUT2D eigenvalue weighted by Gasteiger charge is 2.22. The summed E-state index contributed by atoms with van der Waals surface area (Å²) in [6.45, 7) is 1.82. The zero-order valence-electron chi connectivity index (χ0n) is 10.9. The highest BCUT2D eigenvalue weighted by Crippen LogP contribution is 2.17. The number of halogens is 1. The lowest BCUT2D eigenvalue weighted by atomic mass is 10.1. The van der Waals surface area contributed by atoms with Crippen LogP contribution in [0.15, 0.2) is 18.2 Å². The standard InChI is InChI=1S/C13H15ClN2O4/c1-7-2-3-8(9(14)6-7)12(18)16-10(13(19)20)4-5-11(15)17/h2-3,6,10H,4-5H2,1H3,(H2,15,17)(H,16,18)(H,19,20)/t10-/m0/s1. The van der Waals surface area contributed by atoms with E-state index in [1.807, 2.05) is 6.92 Å². The summed E-state index contributed by atoms with van der Waals surface area (Å²) in [5.41, 5.74) is 6.03. The van der Waals surface area contributed by atoms with Crippen LogP contribution in [0.3, 0.4) is 0 Å². The van der Waals surface area contributed by atoms with Crippen molar-refractivity contribution in [3.8, 4) is 0 Å². The van der Waals surface area contributed by atoms with Crippen molar-refractivity contribution in [2.24, 2.45) is 5.73 Å². The van der Waals surface area contributed by atoms with Crippen LogP contribution in [0.5, 0.6) is 0 Å². The third kappa shape index (κ3) is 4.55. The molecular weight excluding hydrogens is 284 g/mol. The molecule has 0 aliphatic carbocycles. The van der Waals surface area contributed by atoms with Gasteiger partial charge in [-0.2, -0.15) is 0 Å². The van der Waals surface area contributed by atoms with Crippen molar-refractivity contribution >= 4 is 29.4 Å². The number of hydrogen-bond acceptors (Lipinski definition) is 3. The van der Waals surface area contributed by atoms with Crippen LogP contribution in [0.4, 0.5) is 0 Å². The first-order valence-electron chi connectivity index (χ1n) is 5.89. The first-order valence-corrected chi connectivity index (χ1v) is 6.27. The number of rotatable bonds is 6. The van der Waals surface area contributed by atoms with Crippen LogP contribution in [0.1, 0.15) is 28.8 Å². The van der Waals surface area contributed by atoms with Crippen LogP contribution < -0.4 is 11.1 Å². The van der Waals surface area contributed by atoms with Gasteiger partial charge in [0.2, 0.25) is 5.91 Å². The predicted molar refractivity (Wildman–Crippen MR) is 73.5 cm³/mol. The van der Waals surface area contributed by atoms with Crippen molar-refractivity contribution < 1.29 is 19.5 Å². The van der Waals surface area contributed by atoms with E-state index in [1.54, 1.807) is 12.1 Å². The highest BCUT2D eigenvalue weighted by atomic mass is 35.5. The van der Waals surface area contributed by atoms with E-state index in [-0.39, 0.29) is 23.4 Å². The van der Waals surface area contributed by atoms with Gasteiger partial charge in [-0.15, -0.1) is 0 Å². The van der Waals surface area contributed by atoms with E-state index < -0.39 is 23.8 Å². The van der Waals surface area contributed by atoms with Gasteiger partial charge in [0.15, 0.2) is 0 Å². The van der Waals surface area contributed by atoms with E-state index in [2.05, 4.69) is 5.32 Å². The monoisotopic (exact) mass is 298 g/mol. The summed E-state index contributed by atoms with van der Waals surface area (Å²) in [5, 5.41) is 11.6. The van der Waals surface area contributed by atoms with Crippen LogP contribution in [-0.4, -0.2) is 28.9 Å². The van der Waals surface area contributed by atoms with Crippen molar-refractivity contribution in [2.75, 3.05) is 0 Å². The number of carboxylic acids is 1. The number of benzene rings is 1. The molecule has 0 aliphatic rings.